The third-order valence-corrected chi connectivity index (χ3v) is 7.47. The van der Waals surface area contributed by atoms with Gasteiger partial charge in [0.1, 0.15) is 0 Å². The molecule has 130 valence electrons. The number of carbonyl (C=O) groups excluding carboxylic acids is 1. The molecule has 1 amide bonds. The highest BCUT2D eigenvalue weighted by atomic mass is 35.5. The van der Waals surface area contributed by atoms with Crippen molar-refractivity contribution in [3.63, 3.8) is 0 Å². The van der Waals surface area contributed by atoms with Crippen molar-refractivity contribution in [2.24, 2.45) is 10.4 Å². The fourth-order valence-electron chi connectivity index (χ4n) is 2.72. The van der Waals surface area contributed by atoms with Crippen molar-refractivity contribution < 1.29 is 13.2 Å². The van der Waals surface area contributed by atoms with E-state index >= 15 is 0 Å². The lowest BCUT2D eigenvalue weighted by atomic mass is 9.96. The predicted octanol–water partition coefficient (Wildman–Crippen LogP) is 2.99. The standard InChI is InChI=1S/C16H19ClN2O3S2/c1-16(2,3)14(20)18-15-19(11-6-4-10(17)5-7-11)12-8-24(21,22)9-13(12)23-15/h4-7,12-13H,8-9H2,1-3H3/t12-,13-/m1/s1. The highest BCUT2D eigenvalue weighted by Gasteiger charge is 2.49. The van der Waals surface area contributed by atoms with E-state index in [4.69, 9.17) is 11.6 Å². The van der Waals surface area contributed by atoms with Crippen LogP contribution in [0.25, 0.3) is 0 Å². The zero-order chi connectivity index (χ0) is 17.7. The molecular formula is C16H19ClN2O3S2. The maximum Gasteiger partial charge on any atom is 0.253 e. The molecule has 0 bridgehead atoms. The molecule has 1 aromatic rings. The quantitative estimate of drug-likeness (QED) is 0.742. The van der Waals surface area contributed by atoms with Gasteiger partial charge in [-0.1, -0.05) is 44.1 Å². The van der Waals surface area contributed by atoms with E-state index in [0.717, 1.165) is 5.69 Å². The first-order chi connectivity index (χ1) is 11.1. The number of anilines is 1. The summed E-state index contributed by atoms with van der Waals surface area (Å²) in [5.74, 6) is -0.0164. The number of rotatable bonds is 1. The summed E-state index contributed by atoms with van der Waals surface area (Å²) in [4.78, 5) is 18.5. The second-order valence-electron chi connectivity index (χ2n) is 7.10. The maximum atomic E-state index is 12.3. The van der Waals surface area contributed by atoms with E-state index in [-0.39, 0.29) is 28.7 Å². The molecule has 2 fully saturated rings. The number of benzene rings is 1. The summed E-state index contributed by atoms with van der Waals surface area (Å²) in [5.41, 5.74) is 0.222. The van der Waals surface area contributed by atoms with Gasteiger partial charge in [-0.3, -0.25) is 4.79 Å². The van der Waals surface area contributed by atoms with Crippen molar-refractivity contribution in [1.82, 2.24) is 0 Å². The van der Waals surface area contributed by atoms with E-state index in [1.807, 2.05) is 37.8 Å². The summed E-state index contributed by atoms with van der Waals surface area (Å²) < 4.78 is 24.0. The number of amidine groups is 1. The Morgan fingerprint density at radius 2 is 1.88 bits per heavy atom. The van der Waals surface area contributed by atoms with Gasteiger partial charge in [0.2, 0.25) is 0 Å². The first kappa shape index (κ1) is 17.8. The van der Waals surface area contributed by atoms with E-state index in [1.54, 1.807) is 12.1 Å². The highest BCUT2D eigenvalue weighted by Crippen LogP contribution is 2.41. The van der Waals surface area contributed by atoms with Gasteiger partial charge in [-0.2, -0.15) is 4.99 Å². The normalized spacial score (nSPS) is 27.5. The van der Waals surface area contributed by atoms with Crippen LogP contribution in [-0.2, 0) is 14.6 Å². The Morgan fingerprint density at radius 1 is 1.25 bits per heavy atom. The summed E-state index contributed by atoms with van der Waals surface area (Å²) in [6, 6.07) is 6.96. The van der Waals surface area contributed by atoms with Crippen LogP contribution >= 0.6 is 23.4 Å². The van der Waals surface area contributed by atoms with Gasteiger partial charge in [0.25, 0.3) is 5.91 Å². The zero-order valence-corrected chi connectivity index (χ0v) is 16.1. The van der Waals surface area contributed by atoms with Crippen LogP contribution < -0.4 is 4.90 Å². The van der Waals surface area contributed by atoms with Gasteiger partial charge in [0.05, 0.1) is 17.5 Å². The number of sulfone groups is 1. The monoisotopic (exact) mass is 386 g/mol. The molecule has 0 aliphatic carbocycles. The molecule has 2 heterocycles. The predicted molar refractivity (Wildman–Crippen MR) is 99.6 cm³/mol. The first-order valence-electron chi connectivity index (χ1n) is 7.62. The third kappa shape index (κ3) is 3.48. The minimum absolute atomic E-state index is 0.0794. The lowest BCUT2D eigenvalue weighted by Crippen LogP contribution is -2.38. The van der Waals surface area contributed by atoms with Gasteiger partial charge >= 0.3 is 0 Å². The molecule has 5 nitrogen and oxygen atoms in total. The summed E-state index contributed by atoms with van der Waals surface area (Å²) >= 11 is 7.33. The van der Waals surface area contributed by atoms with Crippen LogP contribution in [0, 0.1) is 5.41 Å². The highest BCUT2D eigenvalue weighted by molar-refractivity contribution is 8.16. The van der Waals surface area contributed by atoms with Crippen LogP contribution in [0.15, 0.2) is 29.3 Å². The molecule has 0 unspecified atom stereocenters. The summed E-state index contributed by atoms with van der Waals surface area (Å²) in [7, 11) is -3.06. The fraction of sp³-hybridized carbons (Fsp3) is 0.500. The van der Waals surface area contributed by atoms with Crippen molar-refractivity contribution in [2.45, 2.75) is 32.1 Å². The molecule has 0 saturated carbocycles. The molecule has 2 aliphatic rings. The van der Waals surface area contributed by atoms with Gasteiger partial charge in [-0.15, -0.1) is 0 Å². The van der Waals surface area contributed by atoms with Gasteiger partial charge in [0.15, 0.2) is 15.0 Å². The van der Waals surface area contributed by atoms with Crippen molar-refractivity contribution in [2.75, 3.05) is 16.4 Å². The van der Waals surface area contributed by atoms with Crippen molar-refractivity contribution in [3.05, 3.63) is 29.3 Å². The van der Waals surface area contributed by atoms with Crippen LogP contribution in [0.1, 0.15) is 20.8 Å². The van der Waals surface area contributed by atoms with Crippen molar-refractivity contribution >= 4 is 50.0 Å². The van der Waals surface area contributed by atoms with Crippen LogP contribution in [-0.4, -0.2) is 42.3 Å². The van der Waals surface area contributed by atoms with Crippen LogP contribution in [0.5, 0.6) is 0 Å². The van der Waals surface area contributed by atoms with Gasteiger partial charge in [-0.05, 0) is 24.3 Å². The van der Waals surface area contributed by atoms with Crippen LogP contribution in [0.2, 0.25) is 5.02 Å². The Bertz CT molecular complexity index is 798. The smallest absolute Gasteiger partial charge is 0.253 e. The average molecular weight is 387 g/mol. The number of carbonyl (C=O) groups is 1. The molecule has 0 radical (unpaired) electrons. The van der Waals surface area contributed by atoms with Crippen LogP contribution in [0.3, 0.4) is 0 Å². The number of hydrogen-bond acceptors (Lipinski definition) is 4. The third-order valence-electron chi connectivity index (χ3n) is 4.01. The van der Waals surface area contributed by atoms with Gasteiger partial charge in [0, 0.05) is 21.4 Å². The topological polar surface area (TPSA) is 66.8 Å². The summed E-state index contributed by atoms with van der Waals surface area (Å²) in [6.07, 6.45) is 0. The number of halogens is 1. The number of aliphatic imine (C=N–C) groups is 1. The zero-order valence-electron chi connectivity index (χ0n) is 13.7. The average Bonchev–Trinajstić information content (AvgIpc) is 2.90. The van der Waals surface area contributed by atoms with Crippen molar-refractivity contribution in [1.29, 1.82) is 0 Å². The molecular weight excluding hydrogens is 368 g/mol. The Kier molecular flexibility index (Phi) is 4.47. The Labute approximate surface area is 151 Å². The van der Waals surface area contributed by atoms with Gasteiger partial charge < -0.3 is 4.90 Å². The molecule has 0 spiro atoms. The number of hydrogen-bond donors (Lipinski definition) is 0. The van der Waals surface area contributed by atoms with E-state index in [1.165, 1.54) is 11.8 Å². The SMILES string of the molecule is CC(C)(C)C(=O)N=C1S[C@@H]2CS(=O)(=O)C[C@H]2N1c1ccc(Cl)cc1. The first-order valence-corrected chi connectivity index (χ1v) is 10.7. The van der Waals surface area contributed by atoms with E-state index in [9.17, 15) is 13.2 Å². The van der Waals surface area contributed by atoms with Crippen molar-refractivity contribution in [3.8, 4) is 0 Å². The number of fused-ring (bicyclic) bond motifs is 1. The number of nitrogens with zero attached hydrogens (tertiary/aromatic N) is 2. The molecule has 0 aromatic heterocycles. The summed E-state index contributed by atoms with van der Waals surface area (Å²) in [6.45, 7) is 5.45. The second kappa shape index (κ2) is 6.04. The second-order valence-corrected chi connectivity index (χ2v) is 10.9. The lowest BCUT2D eigenvalue weighted by molar-refractivity contribution is -0.124. The fourth-order valence-corrected chi connectivity index (χ4v) is 6.76. The van der Waals surface area contributed by atoms with E-state index in [2.05, 4.69) is 4.99 Å². The number of amides is 1. The van der Waals surface area contributed by atoms with E-state index < -0.39 is 15.3 Å². The maximum absolute atomic E-state index is 12.3. The molecule has 2 atom stereocenters. The Morgan fingerprint density at radius 3 is 2.46 bits per heavy atom. The summed E-state index contributed by atoms with van der Waals surface area (Å²) in [5, 5.41) is 1.07. The van der Waals surface area contributed by atoms with Gasteiger partial charge in [-0.25, -0.2) is 8.42 Å². The molecule has 1 aromatic carbocycles. The van der Waals surface area contributed by atoms with E-state index in [0.29, 0.717) is 10.2 Å². The molecule has 3 rings (SSSR count). The lowest BCUT2D eigenvalue weighted by Gasteiger charge is -2.25. The minimum atomic E-state index is -3.06. The molecule has 2 aliphatic heterocycles. The van der Waals surface area contributed by atoms with Crippen LogP contribution in [0.4, 0.5) is 5.69 Å². The largest absolute Gasteiger partial charge is 0.316 e. The number of thioether (sulfide) groups is 1. The Balaban J connectivity index is 2.01. The molecule has 24 heavy (non-hydrogen) atoms. The molecule has 2 saturated heterocycles. The molecule has 8 heteroatoms. The molecule has 0 N–H and O–H groups in total. The minimum Gasteiger partial charge on any atom is -0.316 e. The Hall–Kier alpha value is -1.05.